The molecule has 0 heterocycles. The highest BCUT2D eigenvalue weighted by Gasteiger charge is 2.36. The molecule has 0 fully saturated rings. The smallest absolute Gasteiger partial charge is 0.264 e. The Balaban J connectivity index is 1.83. The van der Waals surface area contributed by atoms with Gasteiger partial charge in [0.1, 0.15) is 18.3 Å². The summed E-state index contributed by atoms with van der Waals surface area (Å²) in [7, 11) is -2.74. The third-order valence-electron chi connectivity index (χ3n) is 7.02. The van der Waals surface area contributed by atoms with E-state index in [0.29, 0.717) is 16.3 Å². The predicted octanol–water partition coefficient (Wildman–Crippen LogP) is 6.10. The summed E-state index contributed by atoms with van der Waals surface area (Å²) in [5, 5.41) is 3.44. The van der Waals surface area contributed by atoms with Crippen molar-refractivity contribution in [3.05, 3.63) is 125 Å². The average molecular weight is 648 g/mol. The van der Waals surface area contributed by atoms with Gasteiger partial charge in [0, 0.05) is 29.6 Å². The van der Waals surface area contributed by atoms with Gasteiger partial charge in [-0.1, -0.05) is 84.4 Å². The minimum absolute atomic E-state index is 0.0181. The molecule has 0 aliphatic carbocycles. The Hall–Kier alpha value is -4.34. The molecule has 0 saturated carbocycles. The third kappa shape index (κ3) is 8.86. The van der Waals surface area contributed by atoms with Gasteiger partial charge in [-0.15, -0.1) is 0 Å². The summed E-state index contributed by atoms with van der Waals surface area (Å²) in [5.74, 6) is -0.527. The second-order valence-electron chi connectivity index (χ2n) is 11.6. The van der Waals surface area contributed by atoms with Crippen molar-refractivity contribution in [3.8, 4) is 5.75 Å². The molecular formula is C35H38ClN3O5S. The first-order chi connectivity index (χ1) is 21.4. The standard InChI is InChI=1S/C35H38ClN3O5S/c1-35(2,3)37-34(41)32(22-26-14-7-5-8-15-26)38(24-27-16-11-12-21-31(27)36)33(40)25-39(28-17-13-18-29(23-28)44-4)45(42,43)30-19-9-6-10-20-30/h5-21,23,32H,22,24-25H2,1-4H3,(H,37,41)/t32-/m1/s1. The van der Waals surface area contributed by atoms with E-state index >= 15 is 0 Å². The fourth-order valence-electron chi connectivity index (χ4n) is 4.83. The third-order valence-corrected chi connectivity index (χ3v) is 9.18. The minimum atomic E-state index is -4.22. The lowest BCUT2D eigenvalue weighted by atomic mass is 10.0. The highest BCUT2D eigenvalue weighted by molar-refractivity contribution is 7.92. The molecule has 8 nitrogen and oxygen atoms in total. The maximum atomic E-state index is 14.5. The second-order valence-corrected chi connectivity index (χ2v) is 13.9. The van der Waals surface area contributed by atoms with Gasteiger partial charge in [-0.3, -0.25) is 13.9 Å². The first-order valence-electron chi connectivity index (χ1n) is 14.5. The maximum absolute atomic E-state index is 14.5. The number of amides is 2. The van der Waals surface area contributed by atoms with Crippen LogP contribution in [0.4, 0.5) is 5.69 Å². The Labute approximate surface area is 270 Å². The van der Waals surface area contributed by atoms with Crippen LogP contribution in [0.1, 0.15) is 31.9 Å². The molecule has 10 heteroatoms. The summed E-state index contributed by atoms with van der Waals surface area (Å²) in [6.07, 6.45) is 0.198. The van der Waals surface area contributed by atoms with Crippen molar-refractivity contribution in [2.75, 3.05) is 18.0 Å². The van der Waals surface area contributed by atoms with Gasteiger partial charge in [-0.25, -0.2) is 8.42 Å². The summed E-state index contributed by atoms with van der Waals surface area (Å²) < 4.78 is 34.6. The molecule has 1 N–H and O–H groups in total. The van der Waals surface area contributed by atoms with Gasteiger partial charge in [0.05, 0.1) is 17.7 Å². The second kappa shape index (κ2) is 14.6. The van der Waals surface area contributed by atoms with Gasteiger partial charge in [0.25, 0.3) is 10.0 Å². The number of carbonyl (C=O) groups is 2. The molecule has 0 aliphatic heterocycles. The van der Waals surface area contributed by atoms with Crippen LogP contribution in [0, 0.1) is 0 Å². The molecule has 0 radical (unpaired) electrons. The molecule has 0 spiro atoms. The number of carbonyl (C=O) groups excluding carboxylic acids is 2. The van der Waals surface area contributed by atoms with Crippen molar-refractivity contribution in [2.45, 2.75) is 50.2 Å². The molecule has 0 aromatic heterocycles. The molecule has 0 bridgehead atoms. The molecule has 4 aromatic rings. The first kappa shape index (κ1) is 33.6. The van der Waals surface area contributed by atoms with Gasteiger partial charge in [-0.05, 0) is 62.2 Å². The van der Waals surface area contributed by atoms with Crippen LogP contribution in [0.3, 0.4) is 0 Å². The molecule has 1 atom stereocenters. The lowest BCUT2D eigenvalue weighted by Crippen LogP contribution is -2.56. The van der Waals surface area contributed by atoms with Crippen LogP contribution in [0.5, 0.6) is 5.75 Å². The zero-order valence-electron chi connectivity index (χ0n) is 25.8. The number of anilines is 1. The summed E-state index contributed by atoms with van der Waals surface area (Å²) in [4.78, 5) is 29.9. The van der Waals surface area contributed by atoms with E-state index in [-0.39, 0.29) is 29.5 Å². The SMILES string of the molecule is COc1cccc(N(CC(=O)N(Cc2ccccc2Cl)[C@H](Cc2ccccc2)C(=O)NC(C)(C)C)S(=O)(=O)c2ccccc2)c1. The van der Waals surface area contributed by atoms with E-state index in [1.54, 1.807) is 66.7 Å². The van der Waals surface area contributed by atoms with Crippen LogP contribution >= 0.6 is 11.6 Å². The van der Waals surface area contributed by atoms with Crippen LogP contribution in [0.15, 0.2) is 114 Å². The summed E-state index contributed by atoms with van der Waals surface area (Å²) in [6, 6.07) is 29.9. The number of nitrogens with zero attached hydrogens (tertiary/aromatic N) is 2. The van der Waals surface area contributed by atoms with Crippen LogP contribution in [-0.4, -0.2) is 50.4 Å². The molecule has 4 aromatic carbocycles. The van der Waals surface area contributed by atoms with Gasteiger partial charge in [0.15, 0.2) is 0 Å². The van der Waals surface area contributed by atoms with E-state index in [1.165, 1.54) is 24.1 Å². The number of hydrogen-bond donors (Lipinski definition) is 1. The van der Waals surface area contributed by atoms with Gasteiger partial charge >= 0.3 is 0 Å². The number of hydrogen-bond acceptors (Lipinski definition) is 5. The Morgan fingerprint density at radius 3 is 2.11 bits per heavy atom. The highest BCUT2D eigenvalue weighted by Crippen LogP contribution is 2.28. The molecule has 0 saturated heterocycles. The van der Waals surface area contributed by atoms with E-state index in [9.17, 15) is 18.0 Å². The van der Waals surface area contributed by atoms with Gasteiger partial charge in [0.2, 0.25) is 11.8 Å². The molecule has 4 rings (SSSR count). The van der Waals surface area contributed by atoms with E-state index in [4.69, 9.17) is 16.3 Å². The molecule has 236 valence electrons. The highest BCUT2D eigenvalue weighted by atomic mass is 35.5. The van der Waals surface area contributed by atoms with Gasteiger partial charge in [-0.2, -0.15) is 0 Å². The van der Waals surface area contributed by atoms with E-state index < -0.39 is 34.1 Å². The quantitative estimate of drug-likeness (QED) is 0.201. The summed E-state index contributed by atoms with van der Waals surface area (Å²) in [5.41, 5.74) is 1.11. The average Bonchev–Trinajstić information content (AvgIpc) is 3.02. The Kier molecular flexibility index (Phi) is 10.9. The molecule has 0 aliphatic rings. The topological polar surface area (TPSA) is 96.0 Å². The lowest BCUT2D eigenvalue weighted by molar-refractivity contribution is -0.140. The Morgan fingerprint density at radius 1 is 0.867 bits per heavy atom. The molecule has 0 unspecified atom stereocenters. The largest absolute Gasteiger partial charge is 0.497 e. The number of nitrogens with one attached hydrogen (secondary N) is 1. The monoisotopic (exact) mass is 647 g/mol. The van der Waals surface area contributed by atoms with E-state index in [2.05, 4.69) is 5.32 Å². The number of halogens is 1. The van der Waals surface area contributed by atoms with Crippen molar-refractivity contribution >= 4 is 39.1 Å². The number of benzene rings is 4. The van der Waals surface area contributed by atoms with Crippen molar-refractivity contribution in [3.63, 3.8) is 0 Å². The van der Waals surface area contributed by atoms with Crippen LogP contribution < -0.4 is 14.4 Å². The number of rotatable bonds is 12. The van der Waals surface area contributed by atoms with Crippen molar-refractivity contribution in [1.82, 2.24) is 10.2 Å². The van der Waals surface area contributed by atoms with Crippen molar-refractivity contribution < 1.29 is 22.7 Å². The van der Waals surface area contributed by atoms with Crippen LogP contribution in [0.2, 0.25) is 5.02 Å². The molecular weight excluding hydrogens is 610 g/mol. The molecule has 2 amide bonds. The first-order valence-corrected chi connectivity index (χ1v) is 16.3. The summed E-state index contributed by atoms with van der Waals surface area (Å²) >= 11 is 6.55. The predicted molar refractivity (Wildman–Crippen MR) is 178 cm³/mol. The van der Waals surface area contributed by atoms with Gasteiger partial charge < -0.3 is 15.0 Å². The van der Waals surface area contributed by atoms with E-state index in [1.807, 2.05) is 51.1 Å². The van der Waals surface area contributed by atoms with Crippen LogP contribution in [0.25, 0.3) is 0 Å². The fraction of sp³-hybridized carbons (Fsp3) is 0.257. The summed E-state index contributed by atoms with van der Waals surface area (Å²) in [6.45, 7) is 4.98. The molecule has 45 heavy (non-hydrogen) atoms. The Bertz CT molecular complexity index is 1710. The normalized spacial score (nSPS) is 12.2. The Morgan fingerprint density at radius 2 is 1.49 bits per heavy atom. The number of ether oxygens (including phenoxy) is 1. The van der Waals surface area contributed by atoms with E-state index in [0.717, 1.165) is 9.87 Å². The number of methoxy groups -OCH3 is 1. The minimum Gasteiger partial charge on any atom is -0.497 e. The lowest BCUT2D eigenvalue weighted by Gasteiger charge is -2.35. The number of sulfonamides is 1. The fourth-order valence-corrected chi connectivity index (χ4v) is 6.45. The van der Waals surface area contributed by atoms with Crippen molar-refractivity contribution in [2.24, 2.45) is 0 Å². The maximum Gasteiger partial charge on any atom is 0.264 e. The zero-order valence-corrected chi connectivity index (χ0v) is 27.4. The van der Waals surface area contributed by atoms with Crippen molar-refractivity contribution in [1.29, 1.82) is 0 Å². The zero-order chi connectivity index (χ0) is 32.6. The van der Waals surface area contributed by atoms with Crippen LogP contribution in [-0.2, 0) is 32.6 Å².